The number of hydrogen-bond donors (Lipinski definition) is 1. The van der Waals surface area contributed by atoms with Gasteiger partial charge in [0.15, 0.2) is 0 Å². The molecule has 0 aromatic heterocycles. The quantitative estimate of drug-likeness (QED) is 0.260. The number of nitrogens with two attached hydrogens (primary N) is 1. The molecule has 0 aromatic carbocycles. The molecule has 0 fully saturated rings. The average Bonchev–Trinajstić information content (AvgIpc) is 2.56. The Bertz CT molecular complexity index is 359. The zero-order valence-electron chi connectivity index (χ0n) is 15.6. The number of carbonyl (C=O) groups is 1. The molecule has 0 heterocycles. The topological polar surface area (TPSA) is 52.3 Å². The van der Waals surface area contributed by atoms with Crippen molar-refractivity contribution in [3.63, 3.8) is 0 Å². The molecule has 3 nitrogen and oxygen atoms in total. The van der Waals surface area contributed by atoms with Gasteiger partial charge in [-0.25, -0.2) is 4.79 Å². The van der Waals surface area contributed by atoms with Crippen molar-refractivity contribution in [2.45, 2.75) is 84.0 Å². The Morgan fingerprint density at radius 1 is 0.750 bits per heavy atom. The first-order valence-corrected chi connectivity index (χ1v) is 9.64. The number of allylic oxidation sites excluding steroid dienone is 6. The summed E-state index contributed by atoms with van der Waals surface area (Å²) in [6, 6.07) is 0. The lowest BCUT2D eigenvalue weighted by Crippen LogP contribution is -2.13. The fourth-order valence-electron chi connectivity index (χ4n) is 2.42. The number of unbranched alkanes of at least 4 members (excludes halogenated alkanes) is 8. The number of primary amides is 1. The number of hydrogen-bond acceptors (Lipinski definition) is 2. The summed E-state index contributed by atoms with van der Waals surface area (Å²) in [6.07, 6.45) is 27.1. The van der Waals surface area contributed by atoms with Gasteiger partial charge in [0.1, 0.15) is 0 Å². The molecule has 1 amide bonds. The zero-order chi connectivity index (χ0) is 17.7. The van der Waals surface area contributed by atoms with E-state index in [1.54, 1.807) is 0 Å². The standard InChI is InChI=1S/C21H37NO2/c1-2-3-4-5-6-7-8-9-10-11-12-13-14-15-16-17-18-19-20-24-21(22)23/h3-4,6-7,9-10H,2,5,8,11-20H2,1H3,(H2,22,23)/b4-3+,7-6+,10-9+. The highest BCUT2D eigenvalue weighted by atomic mass is 16.5. The van der Waals surface area contributed by atoms with E-state index in [1.165, 1.54) is 44.9 Å². The minimum Gasteiger partial charge on any atom is -0.450 e. The molecule has 0 atom stereocenters. The van der Waals surface area contributed by atoms with Gasteiger partial charge in [-0.15, -0.1) is 0 Å². The molecule has 2 N–H and O–H groups in total. The Kier molecular flexibility index (Phi) is 18.3. The molecule has 3 heteroatoms. The van der Waals surface area contributed by atoms with Crippen LogP contribution in [0.25, 0.3) is 0 Å². The third-order valence-corrected chi connectivity index (χ3v) is 3.79. The van der Waals surface area contributed by atoms with Crippen molar-refractivity contribution >= 4 is 6.09 Å². The van der Waals surface area contributed by atoms with Crippen LogP contribution in [0.15, 0.2) is 36.5 Å². The van der Waals surface area contributed by atoms with Crippen LogP contribution >= 0.6 is 0 Å². The van der Waals surface area contributed by atoms with Crippen molar-refractivity contribution in [2.24, 2.45) is 5.73 Å². The monoisotopic (exact) mass is 335 g/mol. The lowest BCUT2D eigenvalue weighted by molar-refractivity contribution is 0.154. The second-order valence-electron chi connectivity index (χ2n) is 6.08. The van der Waals surface area contributed by atoms with E-state index in [1.807, 2.05) is 0 Å². The Morgan fingerprint density at radius 3 is 1.83 bits per heavy atom. The summed E-state index contributed by atoms with van der Waals surface area (Å²) in [5.41, 5.74) is 4.90. The van der Waals surface area contributed by atoms with Crippen molar-refractivity contribution in [2.75, 3.05) is 6.61 Å². The first kappa shape index (κ1) is 22.5. The summed E-state index contributed by atoms with van der Waals surface area (Å²) >= 11 is 0. The maximum Gasteiger partial charge on any atom is 0.404 e. The van der Waals surface area contributed by atoms with Gasteiger partial charge < -0.3 is 10.5 Å². The maximum atomic E-state index is 10.4. The number of rotatable bonds is 16. The number of carbonyl (C=O) groups excluding carboxylic acids is 1. The molecular weight excluding hydrogens is 298 g/mol. The minimum absolute atomic E-state index is 0.465. The van der Waals surface area contributed by atoms with Crippen molar-refractivity contribution in [1.29, 1.82) is 0 Å². The van der Waals surface area contributed by atoms with Crippen LogP contribution in [0.4, 0.5) is 4.79 Å². The highest BCUT2D eigenvalue weighted by Gasteiger charge is 1.94. The molecule has 0 aliphatic carbocycles. The van der Waals surface area contributed by atoms with Crippen LogP contribution in [-0.2, 0) is 4.74 Å². The molecule has 0 bridgehead atoms. The molecule has 0 rings (SSSR count). The molecule has 0 unspecified atom stereocenters. The van der Waals surface area contributed by atoms with Crippen LogP contribution in [0.2, 0.25) is 0 Å². The number of amides is 1. The van der Waals surface area contributed by atoms with Crippen LogP contribution in [-0.4, -0.2) is 12.7 Å². The van der Waals surface area contributed by atoms with Crippen LogP contribution in [0, 0.1) is 0 Å². The molecule has 0 saturated heterocycles. The van der Waals surface area contributed by atoms with Crippen molar-refractivity contribution in [1.82, 2.24) is 0 Å². The first-order valence-electron chi connectivity index (χ1n) is 9.64. The van der Waals surface area contributed by atoms with E-state index in [0.29, 0.717) is 6.61 Å². The van der Waals surface area contributed by atoms with E-state index in [4.69, 9.17) is 10.5 Å². The Balaban J connectivity index is 3.18. The van der Waals surface area contributed by atoms with Gasteiger partial charge in [-0.2, -0.15) is 0 Å². The average molecular weight is 336 g/mol. The van der Waals surface area contributed by atoms with Gasteiger partial charge in [-0.1, -0.05) is 81.9 Å². The van der Waals surface area contributed by atoms with Crippen LogP contribution in [0.5, 0.6) is 0 Å². The zero-order valence-corrected chi connectivity index (χ0v) is 15.6. The van der Waals surface area contributed by atoms with Crippen LogP contribution in [0.3, 0.4) is 0 Å². The molecule has 0 aliphatic rings. The van der Waals surface area contributed by atoms with E-state index < -0.39 is 6.09 Å². The first-order chi connectivity index (χ1) is 11.8. The molecule has 0 saturated carbocycles. The summed E-state index contributed by atoms with van der Waals surface area (Å²) in [4.78, 5) is 10.4. The maximum absolute atomic E-state index is 10.4. The lowest BCUT2D eigenvalue weighted by Gasteiger charge is -2.02. The second kappa shape index (κ2) is 19.5. The fraction of sp³-hybridized carbons (Fsp3) is 0.667. The Morgan fingerprint density at radius 2 is 1.25 bits per heavy atom. The highest BCUT2D eigenvalue weighted by Crippen LogP contribution is 2.10. The molecule has 0 radical (unpaired) electrons. The molecule has 0 aromatic rings. The molecule has 0 spiro atoms. The van der Waals surface area contributed by atoms with Crippen molar-refractivity contribution in [3.8, 4) is 0 Å². The predicted molar refractivity (Wildman–Crippen MR) is 104 cm³/mol. The van der Waals surface area contributed by atoms with Crippen molar-refractivity contribution < 1.29 is 9.53 Å². The normalized spacial score (nSPS) is 11.9. The molecule has 0 aliphatic heterocycles. The van der Waals surface area contributed by atoms with Gasteiger partial charge >= 0.3 is 6.09 Å². The van der Waals surface area contributed by atoms with Crippen molar-refractivity contribution in [3.05, 3.63) is 36.5 Å². The Labute approximate surface area is 149 Å². The van der Waals surface area contributed by atoms with Gasteiger partial charge in [-0.05, 0) is 38.5 Å². The van der Waals surface area contributed by atoms with E-state index in [0.717, 1.165) is 32.1 Å². The van der Waals surface area contributed by atoms with Gasteiger partial charge in [-0.3, -0.25) is 0 Å². The lowest BCUT2D eigenvalue weighted by atomic mass is 10.1. The molecule has 24 heavy (non-hydrogen) atoms. The number of ether oxygens (including phenoxy) is 1. The summed E-state index contributed by atoms with van der Waals surface area (Å²) in [5, 5.41) is 0. The van der Waals surface area contributed by atoms with Gasteiger partial charge in [0.25, 0.3) is 0 Å². The van der Waals surface area contributed by atoms with Gasteiger partial charge in [0.2, 0.25) is 0 Å². The SMILES string of the molecule is CC/C=C/C/C=C/C/C=C/CCCCCCCCCCOC(N)=O. The third kappa shape index (κ3) is 20.5. The van der Waals surface area contributed by atoms with Gasteiger partial charge in [0.05, 0.1) is 6.61 Å². The van der Waals surface area contributed by atoms with E-state index in [2.05, 4.69) is 43.4 Å². The smallest absolute Gasteiger partial charge is 0.404 e. The minimum atomic E-state index is -0.663. The molecular formula is C21H37NO2. The van der Waals surface area contributed by atoms with E-state index in [9.17, 15) is 4.79 Å². The van der Waals surface area contributed by atoms with Crippen LogP contribution in [0.1, 0.15) is 84.0 Å². The summed E-state index contributed by atoms with van der Waals surface area (Å²) in [7, 11) is 0. The molecule has 138 valence electrons. The van der Waals surface area contributed by atoms with E-state index >= 15 is 0 Å². The summed E-state index contributed by atoms with van der Waals surface area (Å²) in [6.45, 7) is 2.62. The Hall–Kier alpha value is -1.51. The van der Waals surface area contributed by atoms with Crippen LogP contribution < -0.4 is 5.73 Å². The summed E-state index contributed by atoms with van der Waals surface area (Å²) in [5.74, 6) is 0. The summed E-state index contributed by atoms with van der Waals surface area (Å²) < 4.78 is 4.70. The second-order valence-corrected chi connectivity index (χ2v) is 6.08. The fourth-order valence-corrected chi connectivity index (χ4v) is 2.42. The third-order valence-electron chi connectivity index (χ3n) is 3.79. The largest absolute Gasteiger partial charge is 0.450 e. The van der Waals surface area contributed by atoms with Gasteiger partial charge in [0, 0.05) is 0 Å². The highest BCUT2D eigenvalue weighted by molar-refractivity contribution is 5.64. The van der Waals surface area contributed by atoms with E-state index in [-0.39, 0.29) is 0 Å². The predicted octanol–water partition coefficient (Wildman–Crippen LogP) is 6.45.